The van der Waals surface area contributed by atoms with Crippen LogP contribution in [0.15, 0.2) is 18.2 Å². The zero-order valence-corrected chi connectivity index (χ0v) is 16.7. The standard InChI is InChI=1S/C19H20N2O6S/c1-9-11(3)28-18(20-12(4)22)16(9)19(24)27-10(2)17(23)21-13-5-6-14-15(7-13)26-8-25-14/h5-7,10H,8H2,1-4H3,(H,20,22)(H,21,23). The number of thiophene rings is 1. The lowest BCUT2D eigenvalue weighted by Gasteiger charge is -2.14. The maximum atomic E-state index is 12.6. The molecule has 0 radical (unpaired) electrons. The van der Waals surface area contributed by atoms with Gasteiger partial charge in [0.25, 0.3) is 5.91 Å². The SMILES string of the molecule is CC(=O)Nc1sc(C)c(C)c1C(=O)OC(C)C(=O)Nc1ccc2c(c1)OCO2. The van der Waals surface area contributed by atoms with Crippen LogP contribution in [0.25, 0.3) is 0 Å². The van der Waals surface area contributed by atoms with Crippen molar-refractivity contribution in [3.63, 3.8) is 0 Å². The second kappa shape index (κ2) is 7.89. The van der Waals surface area contributed by atoms with Crippen molar-refractivity contribution in [1.29, 1.82) is 0 Å². The summed E-state index contributed by atoms with van der Waals surface area (Å²) < 4.78 is 15.8. The Hall–Kier alpha value is -3.07. The zero-order chi connectivity index (χ0) is 20.4. The normalized spacial score (nSPS) is 13.0. The van der Waals surface area contributed by atoms with Crippen LogP contribution < -0.4 is 20.1 Å². The van der Waals surface area contributed by atoms with E-state index in [4.69, 9.17) is 14.2 Å². The number of anilines is 2. The Balaban J connectivity index is 1.69. The first-order chi connectivity index (χ1) is 13.3. The summed E-state index contributed by atoms with van der Waals surface area (Å²) in [6.07, 6.45) is -1.04. The van der Waals surface area contributed by atoms with Gasteiger partial charge in [0.15, 0.2) is 17.6 Å². The van der Waals surface area contributed by atoms with E-state index in [0.717, 1.165) is 4.88 Å². The molecule has 2 aromatic rings. The smallest absolute Gasteiger partial charge is 0.342 e. The van der Waals surface area contributed by atoms with Crippen LogP contribution in [0.1, 0.15) is 34.6 Å². The van der Waals surface area contributed by atoms with Gasteiger partial charge in [0.1, 0.15) is 5.00 Å². The van der Waals surface area contributed by atoms with Crippen LogP contribution in [0.4, 0.5) is 10.7 Å². The van der Waals surface area contributed by atoms with Gasteiger partial charge >= 0.3 is 5.97 Å². The van der Waals surface area contributed by atoms with Gasteiger partial charge in [-0.1, -0.05) is 0 Å². The first-order valence-electron chi connectivity index (χ1n) is 8.55. The summed E-state index contributed by atoms with van der Waals surface area (Å²) in [6.45, 7) is 6.59. The first-order valence-corrected chi connectivity index (χ1v) is 9.37. The van der Waals surface area contributed by atoms with E-state index in [1.165, 1.54) is 25.2 Å². The topological polar surface area (TPSA) is 103 Å². The predicted molar refractivity (Wildman–Crippen MR) is 104 cm³/mol. The predicted octanol–water partition coefficient (Wildman–Crippen LogP) is 3.24. The molecule has 2 heterocycles. The summed E-state index contributed by atoms with van der Waals surface area (Å²) >= 11 is 1.29. The molecular formula is C19H20N2O6S. The largest absolute Gasteiger partial charge is 0.454 e. The lowest BCUT2D eigenvalue weighted by molar-refractivity contribution is -0.123. The minimum atomic E-state index is -1.04. The summed E-state index contributed by atoms with van der Waals surface area (Å²) in [6, 6.07) is 4.99. The average molecular weight is 404 g/mol. The Morgan fingerprint density at radius 2 is 1.86 bits per heavy atom. The highest BCUT2D eigenvalue weighted by Gasteiger charge is 2.26. The Bertz CT molecular complexity index is 952. The maximum absolute atomic E-state index is 12.6. The molecular weight excluding hydrogens is 384 g/mol. The van der Waals surface area contributed by atoms with Crippen molar-refractivity contribution < 1.29 is 28.6 Å². The lowest BCUT2D eigenvalue weighted by Crippen LogP contribution is -2.30. The van der Waals surface area contributed by atoms with Gasteiger partial charge < -0.3 is 24.8 Å². The van der Waals surface area contributed by atoms with Crippen molar-refractivity contribution in [2.45, 2.75) is 33.8 Å². The van der Waals surface area contributed by atoms with Crippen LogP contribution in [0.2, 0.25) is 0 Å². The molecule has 1 aromatic heterocycles. The number of benzene rings is 1. The molecule has 1 atom stereocenters. The van der Waals surface area contributed by atoms with Crippen LogP contribution in [-0.4, -0.2) is 30.7 Å². The fourth-order valence-electron chi connectivity index (χ4n) is 2.61. The quantitative estimate of drug-likeness (QED) is 0.742. The Kier molecular flexibility index (Phi) is 5.55. The van der Waals surface area contributed by atoms with E-state index in [1.807, 2.05) is 6.92 Å². The molecule has 1 aromatic carbocycles. The lowest BCUT2D eigenvalue weighted by atomic mass is 10.1. The van der Waals surface area contributed by atoms with E-state index in [0.29, 0.717) is 27.8 Å². The number of fused-ring (bicyclic) bond motifs is 1. The van der Waals surface area contributed by atoms with Crippen molar-refractivity contribution >= 4 is 39.8 Å². The van der Waals surface area contributed by atoms with Gasteiger partial charge in [0.05, 0.1) is 5.56 Å². The summed E-state index contributed by atoms with van der Waals surface area (Å²) in [7, 11) is 0. The highest BCUT2D eigenvalue weighted by molar-refractivity contribution is 7.16. The number of hydrogen-bond acceptors (Lipinski definition) is 7. The highest BCUT2D eigenvalue weighted by Crippen LogP contribution is 2.35. The molecule has 1 aliphatic rings. The van der Waals surface area contributed by atoms with E-state index in [-0.39, 0.29) is 18.3 Å². The number of aryl methyl sites for hydroxylation is 1. The van der Waals surface area contributed by atoms with Crippen LogP contribution in [-0.2, 0) is 14.3 Å². The van der Waals surface area contributed by atoms with Gasteiger partial charge in [0, 0.05) is 23.6 Å². The molecule has 2 N–H and O–H groups in total. The number of ether oxygens (including phenoxy) is 3. The van der Waals surface area contributed by atoms with Gasteiger partial charge in [-0.15, -0.1) is 11.3 Å². The molecule has 0 fully saturated rings. The van der Waals surface area contributed by atoms with Gasteiger partial charge in [-0.25, -0.2) is 4.79 Å². The zero-order valence-electron chi connectivity index (χ0n) is 15.9. The Labute approximate surface area is 165 Å². The van der Waals surface area contributed by atoms with Gasteiger partial charge in [-0.05, 0) is 38.5 Å². The highest BCUT2D eigenvalue weighted by atomic mass is 32.1. The summed E-state index contributed by atoms with van der Waals surface area (Å²) in [5, 5.41) is 5.72. The van der Waals surface area contributed by atoms with Gasteiger partial charge in [0.2, 0.25) is 12.7 Å². The van der Waals surface area contributed by atoms with E-state index < -0.39 is 18.0 Å². The molecule has 1 unspecified atom stereocenters. The number of carbonyl (C=O) groups is 3. The van der Waals surface area contributed by atoms with E-state index in [9.17, 15) is 14.4 Å². The summed E-state index contributed by atoms with van der Waals surface area (Å²) in [5.74, 6) is -0.307. The maximum Gasteiger partial charge on any atom is 0.342 e. The molecule has 3 rings (SSSR count). The third-order valence-corrected chi connectivity index (χ3v) is 5.29. The first kappa shape index (κ1) is 19.7. The number of carbonyl (C=O) groups excluding carboxylic acids is 3. The fraction of sp³-hybridized carbons (Fsp3) is 0.316. The van der Waals surface area contributed by atoms with Gasteiger partial charge in [-0.3, -0.25) is 9.59 Å². The monoisotopic (exact) mass is 404 g/mol. The number of esters is 1. The molecule has 0 saturated heterocycles. The fourth-order valence-corrected chi connectivity index (χ4v) is 3.71. The third kappa shape index (κ3) is 4.09. The number of hydrogen-bond donors (Lipinski definition) is 2. The van der Waals surface area contributed by atoms with Crippen LogP contribution in [0.3, 0.4) is 0 Å². The van der Waals surface area contributed by atoms with Crippen LogP contribution >= 0.6 is 11.3 Å². The number of amides is 2. The molecule has 8 nitrogen and oxygen atoms in total. The van der Waals surface area contributed by atoms with Crippen molar-refractivity contribution in [2.75, 3.05) is 17.4 Å². The molecule has 2 amide bonds. The minimum absolute atomic E-state index is 0.136. The molecule has 0 spiro atoms. The van der Waals surface area contributed by atoms with E-state index in [1.54, 1.807) is 25.1 Å². The van der Waals surface area contributed by atoms with Crippen molar-refractivity contribution in [2.24, 2.45) is 0 Å². The summed E-state index contributed by atoms with van der Waals surface area (Å²) in [5.41, 5.74) is 1.47. The Morgan fingerprint density at radius 3 is 2.57 bits per heavy atom. The van der Waals surface area contributed by atoms with Crippen molar-refractivity contribution in [1.82, 2.24) is 0 Å². The molecule has 0 aliphatic carbocycles. The molecule has 0 saturated carbocycles. The number of rotatable bonds is 5. The van der Waals surface area contributed by atoms with E-state index >= 15 is 0 Å². The van der Waals surface area contributed by atoms with E-state index in [2.05, 4.69) is 10.6 Å². The minimum Gasteiger partial charge on any atom is -0.454 e. The molecule has 0 bridgehead atoms. The molecule has 9 heteroatoms. The molecule has 148 valence electrons. The number of nitrogens with one attached hydrogen (secondary N) is 2. The second-order valence-corrected chi connectivity index (χ2v) is 7.50. The van der Waals surface area contributed by atoms with Crippen molar-refractivity contribution in [3.8, 4) is 11.5 Å². The van der Waals surface area contributed by atoms with Crippen molar-refractivity contribution in [3.05, 3.63) is 34.2 Å². The van der Waals surface area contributed by atoms with Crippen LogP contribution in [0.5, 0.6) is 11.5 Å². The second-order valence-electron chi connectivity index (χ2n) is 6.27. The average Bonchev–Trinajstić information content (AvgIpc) is 3.18. The Morgan fingerprint density at radius 1 is 1.14 bits per heavy atom. The van der Waals surface area contributed by atoms with Gasteiger partial charge in [-0.2, -0.15) is 0 Å². The molecule has 1 aliphatic heterocycles. The molecule has 28 heavy (non-hydrogen) atoms. The van der Waals surface area contributed by atoms with Crippen LogP contribution in [0, 0.1) is 13.8 Å². The third-order valence-electron chi connectivity index (χ3n) is 4.17. The summed E-state index contributed by atoms with van der Waals surface area (Å²) in [4.78, 5) is 37.3.